The van der Waals surface area contributed by atoms with Crippen LogP contribution in [0.5, 0.6) is 5.75 Å². The van der Waals surface area contributed by atoms with Crippen LogP contribution >= 0.6 is 0 Å². The van der Waals surface area contributed by atoms with E-state index in [1.165, 1.54) is 20.3 Å². The Kier molecular flexibility index (Phi) is 7.39. The van der Waals surface area contributed by atoms with E-state index in [0.717, 1.165) is 10.6 Å². The van der Waals surface area contributed by atoms with Gasteiger partial charge in [0.25, 0.3) is 5.91 Å². The van der Waals surface area contributed by atoms with Crippen molar-refractivity contribution in [1.82, 2.24) is 5.32 Å². The summed E-state index contributed by atoms with van der Waals surface area (Å²) in [4.78, 5) is 25.7. The number of hydrogen-bond donors (Lipinski definition) is 2. The Morgan fingerprint density at radius 3 is 2.36 bits per heavy atom. The number of carbonyl (C=O) groups excluding carboxylic acids is 2. The molecule has 0 saturated carbocycles. The van der Waals surface area contributed by atoms with Crippen molar-refractivity contribution >= 4 is 33.2 Å². The maximum atomic E-state index is 13.0. The van der Waals surface area contributed by atoms with Crippen LogP contribution in [0.25, 0.3) is 0 Å². The van der Waals surface area contributed by atoms with Crippen molar-refractivity contribution in [2.45, 2.75) is 19.5 Å². The first-order valence-electron chi connectivity index (χ1n) is 10.0. The van der Waals surface area contributed by atoms with E-state index in [4.69, 9.17) is 9.15 Å². The molecule has 2 aromatic carbocycles. The molecular formula is C23H25N3O6S. The Morgan fingerprint density at radius 1 is 1.06 bits per heavy atom. The predicted molar refractivity (Wildman–Crippen MR) is 125 cm³/mol. The zero-order chi connectivity index (χ0) is 24.0. The van der Waals surface area contributed by atoms with E-state index in [-0.39, 0.29) is 17.8 Å². The molecule has 2 amide bonds. The third kappa shape index (κ3) is 5.92. The molecule has 1 atom stereocenters. The molecule has 10 heteroatoms. The maximum Gasteiger partial charge on any atom is 0.253 e. The minimum Gasteiger partial charge on any atom is -0.497 e. The third-order valence-electron chi connectivity index (χ3n) is 4.85. The molecule has 174 valence electrons. The molecule has 33 heavy (non-hydrogen) atoms. The van der Waals surface area contributed by atoms with Crippen LogP contribution in [0.1, 0.15) is 23.0 Å². The zero-order valence-corrected chi connectivity index (χ0v) is 19.3. The van der Waals surface area contributed by atoms with E-state index >= 15 is 0 Å². The first kappa shape index (κ1) is 23.9. The third-order valence-corrected chi connectivity index (χ3v) is 6.09. The summed E-state index contributed by atoms with van der Waals surface area (Å²) in [5.74, 6) is 0.133. The molecule has 0 aliphatic heterocycles. The van der Waals surface area contributed by atoms with E-state index in [1.54, 1.807) is 60.7 Å². The smallest absolute Gasteiger partial charge is 0.253 e. The van der Waals surface area contributed by atoms with Gasteiger partial charge in [-0.15, -0.1) is 0 Å². The first-order valence-corrected chi connectivity index (χ1v) is 11.9. The van der Waals surface area contributed by atoms with Gasteiger partial charge < -0.3 is 19.8 Å². The number of nitrogens with one attached hydrogen (secondary N) is 2. The molecule has 3 aromatic rings. The van der Waals surface area contributed by atoms with E-state index < -0.39 is 27.9 Å². The second-order valence-electron chi connectivity index (χ2n) is 7.23. The molecule has 0 unspecified atom stereocenters. The molecule has 1 aromatic heterocycles. The molecule has 0 aliphatic rings. The van der Waals surface area contributed by atoms with E-state index in [9.17, 15) is 18.0 Å². The molecule has 0 radical (unpaired) electrons. The van der Waals surface area contributed by atoms with Gasteiger partial charge in [-0.25, -0.2) is 8.42 Å². The van der Waals surface area contributed by atoms with E-state index in [2.05, 4.69) is 10.6 Å². The highest BCUT2D eigenvalue weighted by atomic mass is 32.2. The molecule has 0 fully saturated rings. The van der Waals surface area contributed by atoms with Gasteiger partial charge in [-0.2, -0.15) is 0 Å². The molecule has 0 bridgehead atoms. The lowest BCUT2D eigenvalue weighted by Crippen LogP contribution is -2.45. The first-order chi connectivity index (χ1) is 15.7. The van der Waals surface area contributed by atoms with Gasteiger partial charge >= 0.3 is 0 Å². The number of amides is 2. The second kappa shape index (κ2) is 10.2. The number of sulfonamides is 1. The van der Waals surface area contributed by atoms with Gasteiger partial charge in [-0.3, -0.25) is 13.9 Å². The van der Waals surface area contributed by atoms with Gasteiger partial charge in [0.05, 0.1) is 43.1 Å². The highest BCUT2D eigenvalue weighted by Crippen LogP contribution is 2.25. The van der Waals surface area contributed by atoms with Crippen molar-refractivity contribution in [2.75, 3.05) is 23.0 Å². The number of nitrogens with zero attached hydrogens (tertiary/aromatic N) is 1. The fourth-order valence-electron chi connectivity index (χ4n) is 3.24. The molecule has 0 saturated heterocycles. The van der Waals surface area contributed by atoms with Crippen LogP contribution in [0.4, 0.5) is 11.4 Å². The molecule has 0 aliphatic carbocycles. The SMILES string of the molecule is COc1ccc(N([C@@H](C)C(=O)Nc2ccccc2C(=O)NCc2ccco2)S(C)(=O)=O)cc1. The van der Waals surface area contributed by atoms with Gasteiger partial charge in [-0.1, -0.05) is 12.1 Å². The van der Waals surface area contributed by atoms with Crippen molar-refractivity contribution in [2.24, 2.45) is 0 Å². The Bertz CT molecular complexity index is 1210. The van der Waals surface area contributed by atoms with Crippen LogP contribution in [-0.2, 0) is 21.4 Å². The normalized spacial score (nSPS) is 12.0. The zero-order valence-electron chi connectivity index (χ0n) is 18.4. The fraction of sp³-hybridized carbons (Fsp3) is 0.217. The van der Waals surface area contributed by atoms with Crippen molar-refractivity contribution in [1.29, 1.82) is 0 Å². The Hall–Kier alpha value is -3.79. The summed E-state index contributed by atoms with van der Waals surface area (Å²) in [6.07, 6.45) is 2.53. The van der Waals surface area contributed by atoms with Crippen LogP contribution in [0.3, 0.4) is 0 Å². The number of carbonyl (C=O) groups is 2. The highest BCUT2D eigenvalue weighted by molar-refractivity contribution is 7.92. The van der Waals surface area contributed by atoms with Crippen LogP contribution in [0, 0.1) is 0 Å². The number of furan rings is 1. The van der Waals surface area contributed by atoms with Crippen LogP contribution < -0.4 is 19.7 Å². The Morgan fingerprint density at radius 2 is 1.76 bits per heavy atom. The van der Waals surface area contributed by atoms with Crippen LogP contribution in [-0.4, -0.2) is 39.6 Å². The average Bonchev–Trinajstić information content (AvgIpc) is 3.31. The summed E-state index contributed by atoms with van der Waals surface area (Å²) < 4.78 is 36.3. The lowest BCUT2D eigenvalue weighted by atomic mass is 10.1. The summed E-state index contributed by atoms with van der Waals surface area (Å²) >= 11 is 0. The summed E-state index contributed by atoms with van der Waals surface area (Å²) in [5.41, 5.74) is 0.805. The molecule has 0 spiro atoms. The number of para-hydroxylation sites is 1. The monoisotopic (exact) mass is 471 g/mol. The molecule has 2 N–H and O–H groups in total. The largest absolute Gasteiger partial charge is 0.497 e. The maximum absolute atomic E-state index is 13.0. The minimum atomic E-state index is -3.79. The lowest BCUT2D eigenvalue weighted by Gasteiger charge is -2.28. The highest BCUT2D eigenvalue weighted by Gasteiger charge is 2.30. The minimum absolute atomic E-state index is 0.184. The molecule has 9 nitrogen and oxygen atoms in total. The quantitative estimate of drug-likeness (QED) is 0.495. The van der Waals surface area contributed by atoms with Gasteiger partial charge in [-0.05, 0) is 55.5 Å². The second-order valence-corrected chi connectivity index (χ2v) is 9.09. The topological polar surface area (TPSA) is 118 Å². The van der Waals surface area contributed by atoms with Gasteiger partial charge in [0.1, 0.15) is 17.6 Å². The van der Waals surface area contributed by atoms with Gasteiger partial charge in [0, 0.05) is 0 Å². The van der Waals surface area contributed by atoms with Crippen molar-refractivity contribution in [3.05, 3.63) is 78.3 Å². The van der Waals surface area contributed by atoms with Crippen molar-refractivity contribution < 1.29 is 27.2 Å². The summed E-state index contributed by atoms with van der Waals surface area (Å²) in [7, 11) is -2.29. The van der Waals surface area contributed by atoms with Crippen molar-refractivity contribution in [3.63, 3.8) is 0 Å². The molecular weight excluding hydrogens is 446 g/mol. The number of benzene rings is 2. The standard InChI is InChI=1S/C23H25N3O6S/c1-16(26(33(3,29)30)17-10-12-18(31-2)13-11-17)22(27)25-21-9-5-4-8-20(21)23(28)24-15-19-7-6-14-32-19/h4-14,16H,15H2,1-3H3,(H,24,28)(H,25,27)/t16-/m0/s1. The fourth-order valence-corrected chi connectivity index (χ4v) is 4.42. The number of rotatable bonds is 9. The van der Waals surface area contributed by atoms with Crippen LogP contribution in [0.2, 0.25) is 0 Å². The summed E-state index contributed by atoms with van der Waals surface area (Å²) in [5, 5.41) is 5.40. The summed E-state index contributed by atoms with van der Waals surface area (Å²) in [6, 6.07) is 15.2. The number of anilines is 2. The summed E-state index contributed by atoms with van der Waals surface area (Å²) in [6.45, 7) is 1.66. The molecule has 3 rings (SSSR count). The van der Waals surface area contributed by atoms with Gasteiger partial charge in [0.15, 0.2) is 0 Å². The van der Waals surface area contributed by atoms with Crippen LogP contribution in [0.15, 0.2) is 71.3 Å². The van der Waals surface area contributed by atoms with Gasteiger partial charge in [0.2, 0.25) is 15.9 Å². The number of hydrogen-bond acceptors (Lipinski definition) is 6. The number of ether oxygens (including phenoxy) is 1. The van der Waals surface area contributed by atoms with Crippen molar-refractivity contribution in [3.8, 4) is 5.75 Å². The lowest BCUT2D eigenvalue weighted by molar-refractivity contribution is -0.116. The predicted octanol–water partition coefficient (Wildman–Crippen LogP) is 3.01. The number of methoxy groups -OCH3 is 1. The Labute approximate surface area is 192 Å². The average molecular weight is 472 g/mol. The van der Waals surface area contributed by atoms with E-state index in [1.807, 2.05) is 0 Å². The molecule has 1 heterocycles. The van der Waals surface area contributed by atoms with E-state index in [0.29, 0.717) is 17.2 Å². The Balaban J connectivity index is 1.79.